The van der Waals surface area contributed by atoms with Gasteiger partial charge in [-0.2, -0.15) is 0 Å². The average Bonchev–Trinajstić information content (AvgIpc) is 2.95. The largest absolute Gasteiger partial charge is 0.480 e. The van der Waals surface area contributed by atoms with Crippen LogP contribution < -0.4 is 0 Å². The highest BCUT2D eigenvalue weighted by Gasteiger charge is 2.33. The summed E-state index contributed by atoms with van der Waals surface area (Å²) in [5.41, 5.74) is 2.76. The Balaban J connectivity index is 2.04. The number of hydrogen-bond acceptors (Lipinski definition) is 5. The molecule has 0 radical (unpaired) electrons. The van der Waals surface area contributed by atoms with Gasteiger partial charge in [0.25, 0.3) is 0 Å². The van der Waals surface area contributed by atoms with E-state index in [0.717, 1.165) is 28.5 Å². The van der Waals surface area contributed by atoms with E-state index in [9.17, 15) is 9.59 Å². The van der Waals surface area contributed by atoms with Crippen molar-refractivity contribution in [1.82, 2.24) is 14.9 Å². The van der Waals surface area contributed by atoms with E-state index in [2.05, 4.69) is 9.97 Å². The smallest absolute Gasteiger partial charge is 0.326 e. The average molecular weight is 323 g/mol. The van der Waals surface area contributed by atoms with Crippen LogP contribution in [-0.2, 0) is 16.0 Å². The van der Waals surface area contributed by atoms with Crippen molar-refractivity contribution in [2.24, 2.45) is 0 Å². The number of likely N-dealkylation sites (tertiary alicyclic amines) is 1. The summed E-state index contributed by atoms with van der Waals surface area (Å²) in [7, 11) is 0. The minimum atomic E-state index is -0.911. The van der Waals surface area contributed by atoms with Crippen molar-refractivity contribution in [3.8, 4) is 0 Å². The molecule has 0 aliphatic carbocycles. The van der Waals surface area contributed by atoms with Gasteiger partial charge in [0.1, 0.15) is 6.04 Å². The third-order valence-corrected chi connectivity index (χ3v) is 4.58. The van der Waals surface area contributed by atoms with E-state index >= 15 is 0 Å². The number of nitrogens with zero attached hydrogens (tertiary/aromatic N) is 3. The fraction of sp³-hybridized carbons (Fsp3) is 0.600. The minimum Gasteiger partial charge on any atom is -0.480 e. The molecule has 1 fully saturated rings. The van der Waals surface area contributed by atoms with Crippen molar-refractivity contribution in [2.45, 2.75) is 50.7 Å². The molecule has 1 atom stereocenters. The molecular formula is C15H21N3O3S. The summed E-state index contributed by atoms with van der Waals surface area (Å²) in [4.78, 5) is 33.7. The normalized spacial score (nSPS) is 17.8. The lowest BCUT2D eigenvalue weighted by Gasteiger charge is -2.21. The van der Waals surface area contributed by atoms with Crippen LogP contribution in [0.4, 0.5) is 0 Å². The van der Waals surface area contributed by atoms with Gasteiger partial charge in [-0.1, -0.05) is 11.8 Å². The second-order valence-corrected chi connectivity index (χ2v) is 6.22. The molecule has 0 bridgehead atoms. The quantitative estimate of drug-likeness (QED) is 0.657. The number of rotatable bonds is 5. The molecule has 1 aromatic rings. The van der Waals surface area contributed by atoms with Crippen LogP contribution in [0.3, 0.4) is 0 Å². The molecule has 0 unspecified atom stereocenters. The summed E-state index contributed by atoms with van der Waals surface area (Å²) in [6, 6.07) is -0.662. The lowest BCUT2D eigenvalue weighted by molar-refractivity contribution is -0.148. The number of aromatic nitrogens is 2. The maximum Gasteiger partial charge on any atom is 0.326 e. The molecule has 1 amide bonds. The second-order valence-electron chi connectivity index (χ2n) is 5.44. The van der Waals surface area contributed by atoms with E-state index in [1.54, 1.807) is 0 Å². The number of hydrogen-bond donors (Lipinski definition) is 1. The molecule has 2 heterocycles. The molecule has 0 saturated carbocycles. The van der Waals surface area contributed by atoms with Crippen LogP contribution in [0.1, 0.15) is 36.2 Å². The second kappa shape index (κ2) is 7.09. The van der Waals surface area contributed by atoms with Crippen molar-refractivity contribution >= 4 is 23.6 Å². The lowest BCUT2D eigenvalue weighted by atomic mass is 10.1. The van der Waals surface area contributed by atoms with Crippen molar-refractivity contribution in [2.75, 3.05) is 12.8 Å². The molecule has 120 valence electrons. The van der Waals surface area contributed by atoms with Crippen molar-refractivity contribution in [3.63, 3.8) is 0 Å². The Morgan fingerprint density at radius 1 is 1.32 bits per heavy atom. The standard InChI is InChI=1S/C15H21N3O3S/c1-9-11(10(2)17-15(16-9)22-3)6-7-13(19)18-8-4-5-12(18)14(20)21/h12H,4-8H2,1-3H3,(H,20,21)/t12-/m1/s1. The van der Waals surface area contributed by atoms with Gasteiger partial charge in [0.2, 0.25) is 5.91 Å². The first kappa shape index (κ1) is 16.7. The molecule has 22 heavy (non-hydrogen) atoms. The first-order valence-electron chi connectivity index (χ1n) is 7.34. The van der Waals surface area contributed by atoms with Gasteiger partial charge < -0.3 is 10.0 Å². The highest BCUT2D eigenvalue weighted by molar-refractivity contribution is 7.98. The molecule has 0 aromatic carbocycles. The van der Waals surface area contributed by atoms with Crippen LogP contribution in [0.2, 0.25) is 0 Å². The summed E-state index contributed by atoms with van der Waals surface area (Å²) in [5.74, 6) is -1.01. The summed E-state index contributed by atoms with van der Waals surface area (Å²) in [5, 5.41) is 9.88. The number of carbonyl (C=O) groups is 2. The van der Waals surface area contributed by atoms with Crippen molar-refractivity contribution in [1.29, 1.82) is 0 Å². The molecule has 1 aromatic heterocycles. The number of thioether (sulfide) groups is 1. The van der Waals surface area contributed by atoms with Crippen LogP contribution in [0.15, 0.2) is 5.16 Å². The summed E-state index contributed by atoms with van der Waals surface area (Å²) < 4.78 is 0. The number of aryl methyl sites for hydroxylation is 2. The van der Waals surface area contributed by atoms with Gasteiger partial charge in [0, 0.05) is 24.4 Å². The van der Waals surface area contributed by atoms with E-state index in [4.69, 9.17) is 5.11 Å². The maximum absolute atomic E-state index is 12.3. The number of amides is 1. The van der Waals surface area contributed by atoms with E-state index < -0.39 is 12.0 Å². The lowest BCUT2D eigenvalue weighted by Crippen LogP contribution is -2.40. The van der Waals surface area contributed by atoms with Crippen LogP contribution in [0.25, 0.3) is 0 Å². The van der Waals surface area contributed by atoms with E-state index in [1.807, 2.05) is 20.1 Å². The number of carboxylic acid groups (broad SMARTS) is 1. The molecular weight excluding hydrogens is 302 g/mol. The Hall–Kier alpha value is -1.63. The highest BCUT2D eigenvalue weighted by atomic mass is 32.2. The Bertz CT molecular complexity index is 568. The van der Waals surface area contributed by atoms with Gasteiger partial charge in [-0.3, -0.25) is 4.79 Å². The van der Waals surface area contributed by atoms with E-state index in [0.29, 0.717) is 25.8 Å². The molecule has 1 N–H and O–H groups in total. The number of carboxylic acids is 1. The monoisotopic (exact) mass is 323 g/mol. The predicted octanol–water partition coefficient (Wildman–Crippen LogP) is 1.82. The zero-order valence-corrected chi connectivity index (χ0v) is 13.9. The van der Waals surface area contributed by atoms with Crippen LogP contribution in [-0.4, -0.2) is 50.7 Å². The third kappa shape index (κ3) is 3.58. The van der Waals surface area contributed by atoms with Gasteiger partial charge in [0.05, 0.1) is 0 Å². The van der Waals surface area contributed by atoms with Gasteiger partial charge in [-0.05, 0) is 44.9 Å². The maximum atomic E-state index is 12.3. The van der Waals surface area contributed by atoms with Crippen molar-refractivity contribution in [3.05, 3.63) is 17.0 Å². The molecule has 0 spiro atoms. The fourth-order valence-corrected chi connectivity index (χ4v) is 3.32. The highest BCUT2D eigenvalue weighted by Crippen LogP contribution is 2.21. The summed E-state index contributed by atoms with van der Waals surface area (Å²) in [6.45, 7) is 4.38. The molecule has 1 aliphatic rings. The first-order chi connectivity index (χ1) is 10.4. The Morgan fingerprint density at radius 2 is 1.95 bits per heavy atom. The SMILES string of the molecule is CSc1nc(C)c(CCC(=O)N2CCC[C@@H]2C(=O)O)c(C)n1. The summed E-state index contributed by atoms with van der Waals surface area (Å²) >= 11 is 1.49. The molecule has 2 rings (SSSR count). The van der Waals surface area contributed by atoms with Crippen LogP contribution in [0, 0.1) is 13.8 Å². The van der Waals surface area contributed by atoms with Crippen molar-refractivity contribution < 1.29 is 14.7 Å². The molecule has 1 aliphatic heterocycles. The fourth-order valence-electron chi connectivity index (χ4n) is 2.86. The topological polar surface area (TPSA) is 83.4 Å². The molecule has 1 saturated heterocycles. The molecule has 6 nitrogen and oxygen atoms in total. The Labute approximate surface area is 134 Å². The first-order valence-corrected chi connectivity index (χ1v) is 8.57. The zero-order chi connectivity index (χ0) is 16.3. The minimum absolute atomic E-state index is 0.0994. The third-order valence-electron chi connectivity index (χ3n) is 4.03. The van der Waals surface area contributed by atoms with E-state index in [1.165, 1.54) is 16.7 Å². The number of aliphatic carboxylic acids is 1. The number of carbonyl (C=O) groups excluding carboxylic acids is 1. The Kier molecular flexibility index (Phi) is 5.39. The zero-order valence-electron chi connectivity index (χ0n) is 13.1. The van der Waals surface area contributed by atoms with Crippen LogP contribution >= 0.6 is 11.8 Å². The van der Waals surface area contributed by atoms with Crippen LogP contribution in [0.5, 0.6) is 0 Å². The van der Waals surface area contributed by atoms with E-state index in [-0.39, 0.29) is 5.91 Å². The van der Waals surface area contributed by atoms with Gasteiger partial charge in [-0.25, -0.2) is 14.8 Å². The van der Waals surface area contributed by atoms with Gasteiger partial charge in [0.15, 0.2) is 5.16 Å². The Morgan fingerprint density at radius 3 is 2.50 bits per heavy atom. The summed E-state index contributed by atoms with van der Waals surface area (Å²) in [6.07, 6.45) is 4.08. The van der Waals surface area contributed by atoms with Gasteiger partial charge >= 0.3 is 5.97 Å². The predicted molar refractivity (Wildman–Crippen MR) is 84.0 cm³/mol. The van der Waals surface area contributed by atoms with Gasteiger partial charge in [-0.15, -0.1) is 0 Å². The molecule has 7 heteroatoms.